The van der Waals surface area contributed by atoms with Gasteiger partial charge in [-0.05, 0) is 60.0 Å². The van der Waals surface area contributed by atoms with Crippen LogP contribution in [0.15, 0.2) is 73.2 Å². The lowest BCUT2D eigenvalue weighted by atomic mass is 9.99. The summed E-state index contributed by atoms with van der Waals surface area (Å²) in [5.74, 6) is -1.34. The molecule has 0 aliphatic heterocycles. The van der Waals surface area contributed by atoms with Crippen LogP contribution in [-0.4, -0.2) is 23.0 Å². The molecule has 1 N–H and O–H groups in total. The first-order chi connectivity index (χ1) is 17.2. The minimum Gasteiger partial charge on any atom is -0.496 e. The molecule has 0 fully saturated rings. The number of benzene rings is 2. The summed E-state index contributed by atoms with van der Waals surface area (Å²) in [4.78, 5) is 21.8. The Kier molecular flexibility index (Phi) is 7.00. The Labute approximate surface area is 204 Å². The van der Waals surface area contributed by atoms with Gasteiger partial charge in [-0.3, -0.25) is 14.8 Å². The molecule has 0 saturated heterocycles. The van der Waals surface area contributed by atoms with Gasteiger partial charge in [-0.25, -0.2) is 4.39 Å². The molecule has 2 aromatic heterocycles. The maximum atomic E-state index is 13.9. The van der Waals surface area contributed by atoms with Crippen LogP contribution in [-0.2, 0) is 12.7 Å². The van der Waals surface area contributed by atoms with Crippen LogP contribution in [0.3, 0.4) is 0 Å². The Morgan fingerprint density at radius 1 is 1.00 bits per heavy atom. The topological polar surface area (TPSA) is 64.1 Å². The molecule has 36 heavy (non-hydrogen) atoms. The molecule has 0 aliphatic rings. The molecule has 2 aromatic carbocycles. The van der Waals surface area contributed by atoms with E-state index >= 15 is 0 Å². The number of pyridine rings is 2. The Morgan fingerprint density at radius 2 is 1.81 bits per heavy atom. The van der Waals surface area contributed by atoms with Crippen LogP contribution in [0, 0.1) is 12.7 Å². The minimum atomic E-state index is -4.61. The molecule has 0 radical (unpaired) electrons. The van der Waals surface area contributed by atoms with Crippen molar-refractivity contribution in [2.45, 2.75) is 19.6 Å². The Hall–Kier alpha value is -4.27. The summed E-state index contributed by atoms with van der Waals surface area (Å²) >= 11 is 0. The number of ether oxygens (including phenoxy) is 1. The molecular formula is C27H21F4N3O2. The van der Waals surface area contributed by atoms with E-state index in [1.54, 1.807) is 24.5 Å². The van der Waals surface area contributed by atoms with Gasteiger partial charge in [-0.1, -0.05) is 18.2 Å². The fourth-order valence-electron chi connectivity index (χ4n) is 3.75. The maximum Gasteiger partial charge on any atom is 0.419 e. The number of nitrogens with zero attached hydrogens (tertiary/aromatic N) is 2. The van der Waals surface area contributed by atoms with Crippen LogP contribution in [0.25, 0.3) is 22.4 Å². The van der Waals surface area contributed by atoms with E-state index in [1.807, 2.05) is 13.0 Å². The van der Waals surface area contributed by atoms with Crippen molar-refractivity contribution in [3.63, 3.8) is 0 Å². The average molecular weight is 495 g/mol. The minimum absolute atomic E-state index is 0.168. The number of nitrogens with one attached hydrogen (secondary N) is 1. The maximum absolute atomic E-state index is 13.9. The molecule has 0 bridgehead atoms. The molecule has 0 unspecified atom stereocenters. The second-order valence-corrected chi connectivity index (χ2v) is 8.09. The van der Waals surface area contributed by atoms with Gasteiger partial charge in [-0.2, -0.15) is 13.2 Å². The van der Waals surface area contributed by atoms with Crippen molar-refractivity contribution in [2.75, 3.05) is 7.11 Å². The first-order valence-electron chi connectivity index (χ1n) is 10.9. The van der Waals surface area contributed by atoms with Crippen molar-refractivity contribution in [3.05, 3.63) is 101 Å². The van der Waals surface area contributed by atoms with E-state index in [2.05, 4.69) is 15.3 Å². The van der Waals surface area contributed by atoms with Crippen molar-refractivity contribution in [1.29, 1.82) is 0 Å². The van der Waals surface area contributed by atoms with Crippen LogP contribution in [0.4, 0.5) is 17.6 Å². The first-order valence-corrected chi connectivity index (χ1v) is 10.9. The van der Waals surface area contributed by atoms with Crippen LogP contribution in [0.2, 0.25) is 0 Å². The number of halogens is 4. The van der Waals surface area contributed by atoms with Gasteiger partial charge in [0.15, 0.2) is 0 Å². The molecule has 9 heteroatoms. The third-order valence-corrected chi connectivity index (χ3v) is 5.48. The summed E-state index contributed by atoms with van der Waals surface area (Å²) in [5, 5.41) is 2.66. The zero-order chi connectivity index (χ0) is 25.9. The smallest absolute Gasteiger partial charge is 0.419 e. The second-order valence-electron chi connectivity index (χ2n) is 8.09. The second kappa shape index (κ2) is 10.2. The zero-order valence-corrected chi connectivity index (χ0v) is 19.4. The van der Waals surface area contributed by atoms with E-state index in [-0.39, 0.29) is 23.4 Å². The van der Waals surface area contributed by atoms with Gasteiger partial charge < -0.3 is 10.1 Å². The lowest BCUT2D eigenvalue weighted by Gasteiger charge is -2.15. The van der Waals surface area contributed by atoms with Crippen molar-refractivity contribution in [3.8, 4) is 28.1 Å². The van der Waals surface area contributed by atoms with Crippen LogP contribution < -0.4 is 10.1 Å². The molecule has 0 aliphatic carbocycles. The van der Waals surface area contributed by atoms with Crippen molar-refractivity contribution in [1.82, 2.24) is 15.3 Å². The molecule has 0 spiro atoms. The molecule has 4 rings (SSSR count). The fraction of sp³-hybridized carbons (Fsp3) is 0.148. The predicted octanol–water partition coefficient (Wildman–Crippen LogP) is 6.22. The summed E-state index contributed by atoms with van der Waals surface area (Å²) in [6.45, 7) is 1.70. The first kappa shape index (κ1) is 24.8. The van der Waals surface area contributed by atoms with Crippen LogP contribution in [0.5, 0.6) is 5.75 Å². The van der Waals surface area contributed by atoms with Crippen molar-refractivity contribution in [2.24, 2.45) is 0 Å². The number of amides is 1. The summed E-state index contributed by atoms with van der Waals surface area (Å²) in [7, 11) is 1.16. The number of aromatic nitrogens is 2. The van der Waals surface area contributed by atoms with E-state index in [4.69, 9.17) is 4.74 Å². The van der Waals surface area contributed by atoms with E-state index in [1.165, 1.54) is 36.5 Å². The molecule has 2 heterocycles. The van der Waals surface area contributed by atoms with Gasteiger partial charge in [0.25, 0.3) is 5.91 Å². The number of rotatable bonds is 6. The number of hydrogen-bond acceptors (Lipinski definition) is 4. The quantitative estimate of drug-likeness (QED) is 0.323. The standard InChI is InChI=1S/C27H21F4N3O2/c1-16-8-19(14-32-12-16)24-11-21(22(15-33-24)18-4-3-5-20(28)10-18)26(35)34-13-17-6-7-25(36-2)23(9-17)27(29,30)31/h3-12,14-15H,13H2,1-2H3,(H,34,35). The third-order valence-electron chi connectivity index (χ3n) is 5.48. The normalized spacial score (nSPS) is 11.3. The number of methoxy groups -OCH3 is 1. The molecule has 0 saturated carbocycles. The zero-order valence-electron chi connectivity index (χ0n) is 19.4. The Balaban J connectivity index is 1.69. The molecule has 0 atom stereocenters. The van der Waals surface area contributed by atoms with Gasteiger partial charge >= 0.3 is 6.18 Å². The number of carbonyl (C=O) groups is 1. The number of hydrogen-bond donors (Lipinski definition) is 1. The van der Waals surface area contributed by atoms with E-state index < -0.39 is 23.5 Å². The van der Waals surface area contributed by atoms with Gasteiger partial charge in [0.1, 0.15) is 11.6 Å². The molecule has 4 aromatic rings. The summed E-state index contributed by atoms with van der Waals surface area (Å²) in [6.07, 6.45) is 0.144. The SMILES string of the molecule is COc1ccc(CNC(=O)c2cc(-c3cncc(C)c3)ncc2-c2cccc(F)c2)cc1C(F)(F)F. The van der Waals surface area contributed by atoms with Crippen molar-refractivity contribution >= 4 is 5.91 Å². The summed E-state index contributed by atoms with van der Waals surface area (Å²) in [6, 6.07) is 12.7. The molecule has 1 amide bonds. The third kappa shape index (κ3) is 5.51. The summed E-state index contributed by atoms with van der Waals surface area (Å²) < 4.78 is 58.8. The molecule has 184 valence electrons. The van der Waals surface area contributed by atoms with Crippen LogP contribution >= 0.6 is 0 Å². The predicted molar refractivity (Wildman–Crippen MR) is 127 cm³/mol. The van der Waals surface area contributed by atoms with Gasteiger partial charge in [0.2, 0.25) is 0 Å². The molecule has 5 nitrogen and oxygen atoms in total. The lowest BCUT2D eigenvalue weighted by Crippen LogP contribution is -2.24. The summed E-state index contributed by atoms with van der Waals surface area (Å²) in [5.41, 5.74) is 2.36. The molecular weight excluding hydrogens is 474 g/mol. The highest BCUT2D eigenvalue weighted by Gasteiger charge is 2.34. The number of carbonyl (C=O) groups excluding carboxylic acids is 1. The highest BCUT2D eigenvalue weighted by Crippen LogP contribution is 2.36. The fourth-order valence-corrected chi connectivity index (χ4v) is 3.75. The van der Waals surface area contributed by atoms with Gasteiger partial charge in [-0.15, -0.1) is 0 Å². The largest absolute Gasteiger partial charge is 0.496 e. The average Bonchev–Trinajstić information content (AvgIpc) is 2.86. The van der Waals surface area contributed by atoms with E-state index in [0.717, 1.165) is 18.7 Å². The number of alkyl halides is 3. The van der Waals surface area contributed by atoms with E-state index in [0.29, 0.717) is 22.4 Å². The Bertz CT molecular complexity index is 1420. The highest BCUT2D eigenvalue weighted by atomic mass is 19.4. The lowest BCUT2D eigenvalue weighted by molar-refractivity contribution is -0.138. The van der Waals surface area contributed by atoms with Crippen molar-refractivity contribution < 1.29 is 27.1 Å². The Morgan fingerprint density at radius 3 is 2.50 bits per heavy atom. The van der Waals surface area contributed by atoms with Gasteiger partial charge in [0, 0.05) is 36.3 Å². The highest BCUT2D eigenvalue weighted by molar-refractivity contribution is 6.01. The van der Waals surface area contributed by atoms with Gasteiger partial charge in [0.05, 0.1) is 23.9 Å². The number of aryl methyl sites for hydroxylation is 1. The van der Waals surface area contributed by atoms with Crippen LogP contribution in [0.1, 0.15) is 27.0 Å². The monoisotopic (exact) mass is 495 g/mol. The van der Waals surface area contributed by atoms with E-state index in [9.17, 15) is 22.4 Å².